The van der Waals surface area contributed by atoms with E-state index < -0.39 is 52.8 Å². The first-order chi connectivity index (χ1) is 27.4. The van der Waals surface area contributed by atoms with Crippen LogP contribution in [-0.4, -0.2) is 70.5 Å². The summed E-state index contributed by atoms with van der Waals surface area (Å²) in [6, 6.07) is 42.6. The summed E-state index contributed by atoms with van der Waals surface area (Å²) in [5, 5.41) is 13.4. The maximum absolute atomic E-state index is 14.6. The molecule has 0 radical (unpaired) electrons. The predicted molar refractivity (Wildman–Crippen MR) is 223 cm³/mol. The van der Waals surface area contributed by atoms with Crippen LogP contribution < -0.4 is 5.32 Å². The number of likely N-dealkylation sites (N-methyl/N-ethyl adjacent to an activating group) is 1. The van der Waals surface area contributed by atoms with Crippen LogP contribution >= 0.6 is 11.8 Å². The molecule has 2 atom stereocenters. The summed E-state index contributed by atoms with van der Waals surface area (Å²) >= 11 is 1.41. The molecule has 2 N–H and O–H groups in total. The van der Waals surface area contributed by atoms with E-state index in [1.54, 1.807) is 27.7 Å². The number of benzene rings is 5. The van der Waals surface area contributed by atoms with Crippen LogP contribution in [0.2, 0.25) is 0 Å². The fourth-order valence-electron chi connectivity index (χ4n) is 7.53. The zero-order chi connectivity index (χ0) is 40.6. The molecule has 0 unspecified atom stereocenters. The summed E-state index contributed by atoms with van der Waals surface area (Å²) in [4.78, 5) is 55.8. The van der Waals surface area contributed by atoms with Crippen molar-refractivity contribution in [2.45, 2.75) is 62.5 Å². The van der Waals surface area contributed by atoms with Gasteiger partial charge in [0.1, 0.15) is 24.3 Å². The smallest absolute Gasteiger partial charge is 0.407 e. The van der Waals surface area contributed by atoms with Gasteiger partial charge in [-0.3, -0.25) is 9.59 Å². The van der Waals surface area contributed by atoms with E-state index in [0.29, 0.717) is 0 Å². The summed E-state index contributed by atoms with van der Waals surface area (Å²) in [5.74, 6) is -2.96. The number of nitrogens with one attached hydrogen (secondary N) is 1. The molecule has 57 heavy (non-hydrogen) atoms. The van der Waals surface area contributed by atoms with Gasteiger partial charge in [-0.1, -0.05) is 140 Å². The molecule has 0 fully saturated rings. The van der Waals surface area contributed by atoms with Gasteiger partial charge in [0.15, 0.2) is 0 Å². The van der Waals surface area contributed by atoms with Crippen molar-refractivity contribution in [1.82, 2.24) is 10.2 Å². The maximum atomic E-state index is 14.6. The standard InChI is InChI=1S/C47H48N2O7S/c1-5-49(41(44(52)53)31-57-47(32-19-9-6-10-20-32,33-21-11-7-12-22-33)34-23-13-8-14-24-34)43(51)40(29-42(50)56-46(2,3)4)48-45(54)55-30-39-37-27-17-15-25-35(37)36-26-16-18-28-38(36)39/h6-28,39-41H,5,29-31H2,1-4H3,(H,48,54)(H,52,53)/t40-,41-/m0/s1. The molecule has 2 amide bonds. The van der Waals surface area contributed by atoms with Crippen LogP contribution in [0.25, 0.3) is 11.1 Å². The summed E-state index contributed by atoms with van der Waals surface area (Å²) in [6.07, 6.45) is -1.44. The third-order valence-electron chi connectivity index (χ3n) is 10.0. The number of nitrogens with zero attached hydrogens (tertiary/aromatic N) is 1. The number of carbonyl (C=O) groups is 4. The molecular formula is C47H48N2O7S. The lowest BCUT2D eigenvalue weighted by Crippen LogP contribution is -2.55. The number of fused-ring (bicyclic) bond motifs is 3. The van der Waals surface area contributed by atoms with Gasteiger partial charge in [0, 0.05) is 18.2 Å². The number of carboxylic acids is 1. The van der Waals surface area contributed by atoms with Crippen LogP contribution in [0.15, 0.2) is 140 Å². The molecule has 1 aliphatic carbocycles. The number of thioether (sulfide) groups is 1. The van der Waals surface area contributed by atoms with Crippen molar-refractivity contribution in [1.29, 1.82) is 0 Å². The van der Waals surface area contributed by atoms with Crippen molar-refractivity contribution >= 4 is 35.7 Å². The van der Waals surface area contributed by atoms with Gasteiger partial charge >= 0.3 is 18.0 Å². The van der Waals surface area contributed by atoms with Gasteiger partial charge in [-0.2, -0.15) is 0 Å². The number of hydrogen-bond donors (Lipinski definition) is 2. The van der Waals surface area contributed by atoms with Crippen molar-refractivity contribution in [3.8, 4) is 11.1 Å². The number of hydrogen-bond acceptors (Lipinski definition) is 7. The van der Waals surface area contributed by atoms with Crippen LogP contribution in [0.4, 0.5) is 4.79 Å². The first-order valence-corrected chi connectivity index (χ1v) is 20.1. The molecule has 0 saturated heterocycles. The zero-order valence-corrected chi connectivity index (χ0v) is 33.4. The number of alkyl carbamates (subject to hydrolysis) is 1. The molecule has 0 heterocycles. The highest BCUT2D eigenvalue weighted by Crippen LogP contribution is 2.49. The zero-order valence-electron chi connectivity index (χ0n) is 32.6. The number of amides is 2. The van der Waals surface area contributed by atoms with E-state index in [4.69, 9.17) is 9.47 Å². The van der Waals surface area contributed by atoms with E-state index in [0.717, 1.165) is 38.9 Å². The Kier molecular flexibility index (Phi) is 12.8. The summed E-state index contributed by atoms with van der Waals surface area (Å²) in [5.41, 5.74) is 6.10. The Morgan fingerprint density at radius 2 is 1.18 bits per heavy atom. The monoisotopic (exact) mass is 784 g/mol. The van der Waals surface area contributed by atoms with Crippen LogP contribution in [0.3, 0.4) is 0 Å². The van der Waals surface area contributed by atoms with Gasteiger partial charge in [-0.05, 0) is 66.6 Å². The van der Waals surface area contributed by atoms with E-state index in [1.807, 2.05) is 140 Å². The van der Waals surface area contributed by atoms with Gasteiger partial charge in [0.05, 0.1) is 11.2 Å². The molecule has 0 aliphatic heterocycles. The fraction of sp³-hybridized carbons (Fsp3) is 0.277. The van der Waals surface area contributed by atoms with Crippen molar-refractivity contribution < 1.29 is 33.8 Å². The van der Waals surface area contributed by atoms with Gasteiger partial charge in [0.25, 0.3) is 0 Å². The Balaban J connectivity index is 1.28. The van der Waals surface area contributed by atoms with Crippen molar-refractivity contribution in [2.24, 2.45) is 0 Å². The van der Waals surface area contributed by atoms with E-state index in [9.17, 15) is 24.3 Å². The lowest BCUT2D eigenvalue weighted by Gasteiger charge is -2.38. The normalized spacial score (nSPS) is 13.4. The highest BCUT2D eigenvalue weighted by atomic mass is 32.2. The van der Waals surface area contributed by atoms with Crippen molar-refractivity contribution in [3.63, 3.8) is 0 Å². The molecule has 5 aromatic carbocycles. The minimum absolute atomic E-state index is 0.0114. The third kappa shape index (κ3) is 9.24. The number of carboxylic acid groups (broad SMARTS) is 1. The van der Waals surface area contributed by atoms with Crippen molar-refractivity contribution in [2.75, 3.05) is 18.9 Å². The van der Waals surface area contributed by atoms with Gasteiger partial charge in [-0.15, -0.1) is 11.8 Å². The van der Waals surface area contributed by atoms with Crippen molar-refractivity contribution in [3.05, 3.63) is 167 Å². The Morgan fingerprint density at radius 1 is 0.719 bits per heavy atom. The summed E-state index contributed by atoms with van der Waals surface area (Å²) < 4.78 is 10.5. The molecule has 294 valence electrons. The summed E-state index contributed by atoms with van der Waals surface area (Å²) in [6.45, 7) is 6.76. The molecule has 0 bridgehead atoms. The molecule has 9 nitrogen and oxygen atoms in total. The first-order valence-electron chi connectivity index (χ1n) is 19.1. The number of carbonyl (C=O) groups excluding carboxylic acids is 3. The number of esters is 1. The number of rotatable bonds is 15. The number of aliphatic carboxylic acids is 1. The van der Waals surface area contributed by atoms with Crippen LogP contribution in [0.1, 0.15) is 67.9 Å². The van der Waals surface area contributed by atoms with Crippen LogP contribution in [-0.2, 0) is 28.6 Å². The minimum atomic E-state index is -1.47. The molecule has 1 aliphatic rings. The second-order valence-corrected chi connectivity index (χ2v) is 16.1. The van der Waals surface area contributed by atoms with E-state index in [-0.39, 0.29) is 24.8 Å². The average Bonchev–Trinajstić information content (AvgIpc) is 3.53. The van der Waals surface area contributed by atoms with Crippen LogP contribution in [0.5, 0.6) is 0 Å². The maximum Gasteiger partial charge on any atom is 0.407 e. The van der Waals surface area contributed by atoms with E-state index in [1.165, 1.54) is 16.7 Å². The van der Waals surface area contributed by atoms with Gasteiger partial charge < -0.3 is 24.8 Å². The largest absolute Gasteiger partial charge is 0.480 e. The Morgan fingerprint density at radius 3 is 1.61 bits per heavy atom. The topological polar surface area (TPSA) is 122 Å². The molecule has 6 rings (SSSR count). The van der Waals surface area contributed by atoms with E-state index in [2.05, 4.69) is 5.32 Å². The highest BCUT2D eigenvalue weighted by molar-refractivity contribution is 8.00. The second kappa shape index (κ2) is 17.9. The molecular weight excluding hydrogens is 737 g/mol. The summed E-state index contributed by atoms with van der Waals surface area (Å²) in [7, 11) is 0. The fourth-order valence-corrected chi connectivity index (χ4v) is 9.17. The molecule has 10 heteroatoms. The quantitative estimate of drug-likeness (QED) is 0.0800. The lowest BCUT2D eigenvalue weighted by atomic mass is 9.84. The second-order valence-electron chi connectivity index (χ2n) is 14.9. The number of ether oxygens (including phenoxy) is 2. The molecule has 5 aromatic rings. The predicted octanol–water partition coefficient (Wildman–Crippen LogP) is 8.65. The Hall–Kier alpha value is -5.87. The third-order valence-corrected chi connectivity index (χ3v) is 11.6. The Bertz CT molecular complexity index is 2030. The van der Waals surface area contributed by atoms with Gasteiger partial charge in [-0.25, -0.2) is 9.59 Å². The molecule has 0 aromatic heterocycles. The highest BCUT2D eigenvalue weighted by Gasteiger charge is 2.42. The van der Waals surface area contributed by atoms with Crippen LogP contribution in [0, 0.1) is 0 Å². The Labute approximate surface area is 338 Å². The SMILES string of the molecule is CCN(C(=O)[C@H](CC(=O)OC(C)(C)C)NC(=O)OCC1c2ccccc2-c2ccccc21)[C@@H](CSC(c1ccccc1)(c1ccccc1)c1ccccc1)C(=O)O. The average molecular weight is 785 g/mol. The van der Waals surface area contributed by atoms with Gasteiger partial charge in [0.2, 0.25) is 5.91 Å². The minimum Gasteiger partial charge on any atom is -0.480 e. The van der Waals surface area contributed by atoms with E-state index >= 15 is 0 Å². The lowest BCUT2D eigenvalue weighted by molar-refractivity contribution is -0.158. The molecule has 0 spiro atoms. The molecule has 0 saturated carbocycles. The first kappa shape index (κ1) is 40.8.